The number of benzene rings is 1. The number of hydrogen-bond acceptors (Lipinski definition) is 2. The molecule has 128 valence electrons. The van der Waals surface area contributed by atoms with Crippen LogP contribution in [0.3, 0.4) is 0 Å². The molecule has 4 N–H and O–H groups in total. The van der Waals surface area contributed by atoms with Gasteiger partial charge in [-0.1, -0.05) is 43.2 Å². The second-order valence-corrected chi connectivity index (χ2v) is 6.53. The zero-order valence-electron chi connectivity index (χ0n) is 14.8. The van der Waals surface area contributed by atoms with Crippen LogP contribution < -0.4 is 16.4 Å². The molecule has 0 heterocycles. The van der Waals surface area contributed by atoms with E-state index in [4.69, 9.17) is 5.73 Å². The lowest BCUT2D eigenvalue weighted by Crippen LogP contribution is -2.46. The van der Waals surface area contributed by atoms with Crippen molar-refractivity contribution in [3.63, 3.8) is 0 Å². The smallest absolute Gasteiger partial charge is 0.224 e. The molecule has 23 heavy (non-hydrogen) atoms. The lowest BCUT2D eigenvalue weighted by molar-refractivity contribution is -0.125. The van der Waals surface area contributed by atoms with Crippen LogP contribution in [0.15, 0.2) is 29.3 Å². The average molecular weight is 318 g/mol. The van der Waals surface area contributed by atoms with Crippen LogP contribution in [0.25, 0.3) is 0 Å². The maximum Gasteiger partial charge on any atom is 0.224 e. The Balaban J connectivity index is 2.68. The fourth-order valence-electron chi connectivity index (χ4n) is 1.81. The number of aliphatic imine (C=N–C) groups is 1. The number of hydrogen-bond donors (Lipinski definition) is 3. The van der Waals surface area contributed by atoms with Gasteiger partial charge < -0.3 is 16.4 Å². The van der Waals surface area contributed by atoms with E-state index in [9.17, 15) is 4.79 Å². The van der Waals surface area contributed by atoms with E-state index in [1.165, 1.54) is 5.56 Å². The fourth-order valence-corrected chi connectivity index (χ4v) is 1.81. The molecule has 0 aliphatic carbocycles. The summed E-state index contributed by atoms with van der Waals surface area (Å²) in [5.74, 6) is 0.393. The number of carbonyl (C=O) groups excluding carboxylic acids is 1. The molecule has 5 nitrogen and oxygen atoms in total. The van der Waals surface area contributed by atoms with Crippen LogP contribution in [0.4, 0.5) is 0 Å². The highest BCUT2D eigenvalue weighted by molar-refractivity contribution is 5.83. The van der Waals surface area contributed by atoms with Gasteiger partial charge in [-0.3, -0.25) is 4.79 Å². The number of nitrogens with two attached hydrogens (primary N) is 1. The summed E-state index contributed by atoms with van der Waals surface area (Å²) in [5, 5.41) is 6.52. The number of unbranched alkanes of at least 4 members (excludes halogenated alkanes) is 1. The number of nitrogens with one attached hydrogen (secondary N) is 2. The summed E-state index contributed by atoms with van der Waals surface area (Å²) in [6.07, 6.45) is 2.19. The van der Waals surface area contributed by atoms with Gasteiger partial charge in [0.25, 0.3) is 0 Å². The van der Waals surface area contributed by atoms with Crippen LogP contribution >= 0.6 is 0 Å². The Hall–Kier alpha value is -2.04. The molecule has 1 amide bonds. The Labute approximate surface area is 139 Å². The van der Waals surface area contributed by atoms with Crippen molar-refractivity contribution >= 4 is 11.9 Å². The second-order valence-electron chi connectivity index (χ2n) is 6.53. The molecule has 0 bridgehead atoms. The minimum absolute atomic E-state index is 0.323. The van der Waals surface area contributed by atoms with Crippen LogP contribution in [-0.2, 0) is 11.3 Å². The topological polar surface area (TPSA) is 79.5 Å². The lowest BCUT2D eigenvalue weighted by Gasteiger charge is -2.22. The normalized spacial score (nSPS) is 12.1. The fraction of sp³-hybridized carbons (Fsp3) is 0.556. The zero-order chi connectivity index (χ0) is 17.3. The summed E-state index contributed by atoms with van der Waals surface area (Å²) < 4.78 is 0. The Morgan fingerprint density at radius 1 is 1.22 bits per heavy atom. The van der Waals surface area contributed by atoms with E-state index in [1.807, 2.05) is 13.8 Å². The quantitative estimate of drug-likeness (QED) is 0.391. The number of guanidine groups is 1. The van der Waals surface area contributed by atoms with Crippen LogP contribution in [0, 0.1) is 12.3 Å². The molecule has 0 aliphatic rings. The monoisotopic (exact) mass is 318 g/mol. The standard InChI is InChI=1S/C18H30N4O/c1-5-6-11-20-17(22-13-18(3,4)16(19)23)21-12-15-9-7-14(2)8-10-15/h7-10H,5-6,11-13H2,1-4H3,(H2,19,23)(H2,20,21,22). The predicted molar refractivity (Wildman–Crippen MR) is 96.2 cm³/mol. The van der Waals surface area contributed by atoms with Crippen molar-refractivity contribution in [2.75, 3.05) is 13.1 Å². The van der Waals surface area contributed by atoms with Crippen molar-refractivity contribution in [1.82, 2.24) is 10.6 Å². The van der Waals surface area contributed by atoms with Crippen LogP contribution in [0.2, 0.25) is 0 Å². The molecule has 1 aromatic rings. The molecule has 0 saturated heterocycles. The number of aryl methyl sites for hydroxylation is 1. The van der Waals surface area contributed by atoms with Crippen molar-refractivity contribution in [1.29, 1.82) is 0 Å². The first-order chi connectivity index (χ1) is 10.8. The maximum absolute atomic E-state index is 11.4. The third kappa shape index (κ3) is 7.17. The third-order valence-corrected chi connectivity index (χ3v) is 3.73. The van der Waals surface area contributed by atoms with Gasteiger partial charge in [-0.25, -0.2) is 4.99 Å². The summed E-state index contributed by atoms with van der Waals surface area (Å²) in [4.78, 5) is 16.0. The van der Waals surface area contributed by atoms with E-state index in [2.05, 4.69) is 53.7 Å². The molecule has 1 rings (SSSR count). The van der Waals surface area contributed by atoms with Gasteiger partial charge in [-0.15, -0.1) is 0 Å². The summed E-state index contributed by atoms with van der Waals surface area (Å²) >= 11 is 0. The minimum atomic E-state index is -0.614. The zero-order valence-corrected chi connectivity index (χ0v) is 14.8. The van der Waals surface area contributed by atoms with E-state index < -0.39 is 5.41 Å². The first-order valence-electron chi connectivity index (χ1n) is 8.23. The van der Waals surface area contributed by atoms with Crippen molar-refractivity contribution in [3.8, 4) is 0 Å². The Morgan fingerprint density at radius 2 is 1.87 bits per heavy atom. The van der Waals surface area contributed by atoms with Crippen LogP contribution in [0.5, 0.6) is 0 Å². The molecule has 0 radical (unpaired) electrons. The molecule has 0 aliphatic heterocycles. The second kappa shape index (κ2) is 9.18. The van der Waals surface area contributed by atoms with Crippen LogP contribution in [0.1, 0.15) is 44.7 Å². The Morgan fingerprint density at radius 3 is 2.43 bits per heavy atom. The van der Waals surface area contributed by atoms with Crippen molar-refractivity contribution in [2.24, 2.45) is 16.1 Å². The SMILES string of the molecule is CCCCNC(=NCc1ccc(C)cc1)NCC(C)(C)C(N)=O. The molecule has 5 heteroatoms. The van der Waals surface area contributed by atoms with E-state index in [0.29, 0.717) is 19.0 Å². The first-order valence-corrected chi connectivity index (χ1v) is 8.23. The first kappa shape index (κ1) is 19.0. The molecular weight excluding hydrogens is 288 g/mol. The van der Waals surface area contributed by atoms with Crippen molar-refractivity contribution in [3.05, 3.63) is 35.4 Å². The Kier molecular flexibility index (Phi) is 7.59. The summed E-state index contributed by atoms with van der Waals surface area (Å²) in [6, 6.07) is 8.32. The van der Waals surface area contributed by atoms with E-state index >= 15 is 0 Å². The third-order valence-electron chi connectivity index (χ3n) is 3.73. The van der Waals surface area contributed by atoms with E-state index in [1.54, 1.807) is 0 Å². The number of amides is 1. The van der Waals surface area contributed by atoms with Gasteiger partial charge in [0, 0.05) is 13.1 Å². The largest absolute Gasteiger partial charge is 0.369 e. The molecule has 0 atom stereocenters. The number of carbonyl (C=O) groups is 1. The summed E-state index contributed by atoms with van der Waals surface area (Å²) in [7, 11) is 0. The molecule has 1 aromatic carbocycles. The van der Waals surface area contributed by atoms with Gasteiger partial charge in [0.1, 0.15) is 0 Å². The van der Waals surface area contributed by atoms with Crippen molar-refractivity contribution in [2.45, 2.75) is 47.1 Å². The minimum Gasteiger partial charge on any atom is -0.369 e. The maximum atomic E-state index is 11.4. The van der Waals surface area contributed by atoms with Gasteiger partial charge in [0.05, 0.1) is 12.0 Å². The molecule has 0 fully saturated rings. The Bertz CT molecular complexity index is 520. The summed E-state index contributed by atoms with van der Waals surface area (Å²) in [5.41, 5.74) is 7.19. The van der Waals surface area contributed by atoms with Gasteiger partial charge in [0.2, 0.25) is 5.91 Å². The molecular formula is C18H30N4O. The van der Waals surface area contributed by atoms with Gasteiger partial charge in [-0.05, 0) is 32.8 Å². The summed E-state index contributed by atoms with van der Waals surface area (Å²) in [6.45, 7) is 9.77. The lowest BCUT2D eigenvalue weighted by atomic mass is 9.93. The molecule has 0 spiro atoms. The highest BCUT2D eigenvalue weighted by Gasteiger charge is 2.24. The molecule has 0 aromatic heterocycles. The van der Waals surface area contributed by atoms with E-state index in [-0.39, 0.29) is 5.91 Å². The van der Waals surface area contributed by atoms with E-state index in [0.717, 1.165) is 24.9 Å². The number of rotatable bonds is 8. The highest BCUT2D eigenvalue weighted by Crippen LogP contribution is 2.11. The van der Waals surface area contributed by atoms with Crippen LogP contribution in [-0.4, -0.2) is 25.0 Å². The van der Waals surface area contributed by atoms with Gasteiger partial charge >= 0.3 is 0 Å². The van der Waals surface area contributed by atoms with Crippen molar-refractivity contribution < 1.29 is 4.79 Å². The predicted octanol–water partition coefficient (Wildman–Crippen LogP) is 2.34. The molecule has 0 unspecified atom stereocenters. The average Bonchev–Trinajstić information content (AvgIpc) is 2.51. The molecule has 0 saturated carbocycles. The number of nitrogens with zero attached hydrogens (tertiary/aromatic N) is 1. The van der Waals surface area contributed by atoms with Gasteiger partial charge in [-0.2, -0.15) is 0 Å². The van der Waals surface area contributed by atoms with Gasteiger partial charge in [0.15, 0.2) is 5.96 Å². The highest BCUT2D eigenvalue weighted by atomic mass is 16.1. The number of primary amides is 1.